The standard InChI is InChI=1S/C13H16F2N2O2/c14-10-4-1-5-11(15)13(10)16-12(19)7-17-6-2-3-9(17)8-18/h1,4-5,9,18H,2-3,6-8H2,(H,16,19). The van der Waals surface area contributed by atoms with Crippen molar-refractivity contribution in [2.24, 2.45) is 0 Å². The zero-order valence-electron chi connectivity index (χ0n) is 10.4. The molecule has 2 N–H and O–H groups in total. The van der Waals surface area contributed by atoms with Gasteiger partial charge in [0.2, 0.25) is 5.91 Å². The van der Waals surface area contributed by atoms with Gasteiger partial charge in [-0.1, -0.05) is 6.07 Å². The second-order valence-electron chi connectivity index (χ2n) is 4.59. The molecule has 0 saturated carbocycles. The number of carbonyl (C=O) groups is 1. The zero-order valence-corrected chi connectivity index (χ0v) is 10.4. The van der Waals surface area contributed by atoms with Crippen LogP contribution in [0, 0.1) is 11.6 Å². The number of nitrogens with one attached hydrogen (secondary N) is 1. The number of rotatable bonds is 4. The number of nitrogens with zero attached hydrogens (tertiary/aromatic N) is 1. The summed E-state index contributed by atoms with van der Waals surface area (Å²) in [5.41, 5.74) is -0.424. The van der Waals surface area contributed by atoms with Crippen molar-refractivity contribution in [3.8, 4) is 0 Å². The second kappa shape index (κ2) is 6.08. The Morgan fingerprint density at radius 1 is 1.42 bits per heavy atom. The van der Waals surface area contributed by atoms with E-state index in [1.807, 2.05) is 4.90 Å². The Labute approximate surface area is 110 Å². The van der Waals surface area contributed by atoms with Gasteiger partial charge in [-0.2, -0.15) is 0 Å². The lowest BCUT2D eigenvalue weighted by molar-refractivity contribution is -0.117. The van der Waals surface area contributed by atoms with Crippen LogP contribution in [0.5, 0.6) is 0 Å². The van der Waals surface area contributed by atoms with Gasteiger partial charge in [0.25, 0.3) is 0 Å². The molecule has 1 unspecified atom stereocenters. The van der Waals surface area contributed by atoms with Crippen molar-refractivity contribution in [3.63, 3.8) is 0 Å². The van der Waals surface area contributed by atoms with E-state index in [4.69, 9.17) is 5.11 Å². The first-order valence-corrected chi connectivity index (χ1v) is 6.20. The molecule has 1 heterocycles. The number of benzene rings is 1. The zero-order chi connectivity index (χ0) is 13.8. The number of hydrogen-bond acceptors (Lipinski definition) is 3. The maximum atomic E-state index is 13.4. The minimum absolute atomic E-state index is 0.0126. The van der Waals surface area contributed by atoms with Gasteiger partial charge in [-0.15, -0.1) is 0 Å². The Morgan fingerprint density at radius 2 is 2.11 bits per heavy atom. The molecule has 0 spiro atoms. The largest absolute Gasteiger partial charge is 0.395 e. The Bertz CT molecular complexity index is 448. The van der Waals surface area contributed by atoms with Gasteiger partial charge in [0, 0.05) is 6.04 Å². The maximum absolute atomic E-state index is 13.4. The van der Waals surface area contributed by atoms with Crippen LogP contribution in [0.3, 0.4) is 0 Å². The van der Waals surface area contributed by atoms with E-state index in [1.54, 1.807) is 0 Å². The first-order valence-electron chi connectivity index (χ1n) is 6.20. The van der Waals surface area contributed by atoms with E-state index in [0.29, 0.717) is 6.54 Å². The number of halogens is 2. The lowest BCUT2D eigenvalue weighted by atomic mass is 10.2. The van der Waals surface area contributed by atoms with E-state index < -0.39 is 23.2 Å². The van der Waals surface area contributed by atoms with Crippen LogP contribution in [-0.2, 0) is 4.79 Å². The summed E-state index contributed by atoms with van der Waals surface area (Å²) >= 11 is 0. The normalized spacial score (nSPS) is 19.6. The fourth-order valence-corrected chi connectivity index (χ4v) is 2.29. The average Bonchev–Trinajstić information content (AvgIpc) is 2.81. The monoisotopic (exact) mass is 270 g/mol. The van der Waals surface area contributed by atoms with E-state index >= 15 is 0 Å². The van der Waals surface area contributed by atoms with E-state index in [1.165, 1.54) is 6.07 Å². The molecule has 104 valence electrons. The molecule has 1 aromatic rings. The predicted molar refractivity (Wildman–Crippen MR) is 66.7 cm³/mol. The van der Waals surface area contributed by atoms with Gasteiger partial charge in [-0.25, -0.2) is 8.78 Å². The number of amides is 1. The molecule has 0 bridgehead atoms. The summed E-state index contributed by atoms with van der Waals surface area (Å²) in [6, 6.07) is 3.37. The highest BCUT2D eigenvalue weighted by atomic mass is 19.1. The second-order valence-corrected chi connectivity index (χ2v) is 4.59. The molecule has 2 rings (SSSR count). The van der Waals surface area contributed by atoms with E-state index in [0.717, 1.165) is 25.0 Å². The molecule has 0 aromatic heterocycles. The third-order valence-corrected chi connectivity index (χ3v) is 3.28. The summed E-state index contributed by atoms with van der Waals surface area (Å²) in [7, 11) is 0. The molecule has 4 nitrogen and oxygen atoms in total. The smallest absolute Gasteiger partial charge is 0.238 e. The number of aliphatic hydroxyl groups is 1. The Morgan fingerprint density at radius 3 is 2.74 bits per heavy atom. The minimum Gasteiger partial charge on any atom is -0.395 e. The van der Waals surface area contributed by atoms with Crippen molar-refractivity contribution in [1.82, 2.24) is 4.90 Å². The van der Waals surface area contributed by atoms with Gasteiger partial charge < -0.3 is 10.4 Å². The summed E-state index contributed by atoms with van der Waals surface area (Å²) in [5, 5.41) is 11.4. The molecule has 0 radical (unpaired) electrons. The van der Waals surface area contributed by atoms with E-state index in [2.05, 4.69) is 5.32 Å². The van der Waals surface area contributed by atoms with Crippen LogP contribution >= 0.6 is 0 Å². The molecule has 6 heteroatoms. The number of carbonyl (C=O) groups excluding carboxylic acids is 1. The van der Waals surface area contributed by atoms with Crippen LogP contribution in [0.4, 0.5) is 14.5 Å². The van der Waals surface area contributed by atoms with Crippen molar-refractivity contribution in [2.45, 2.75) is 18.9 Å². The van der Waals surface area contributed by atoms with Crippen LogP contribution in [-0.4, -0.2) is 41.7 Å². The Kier molecular flexibility index (Phi) is 4.44. The van der Waals surface area contributed by atoms with Gasteiger partial charge in [0.05, 0.1) is 13.2 Å². The van der Waals surface area contributed by atoms with Gasteiger partial charge >= 0.3 is 0 Å². The van der Waals surface area contributed by atoms with Crippen molar-refractivity contribution < 1.29 is 18.7 Å². The number of hydrogen-bond donors (Lipinski definition) is 2. The van der Waals surface area contributed by atoms with Gasteiger partial charge in [0.1, 0.15) is 17.3 Å². The van der Waals surface area contributed by atoms with Crippen molar-refractivity contribution in [3.05, 3.63) is 29.8 Å². The molecular weight excluding hydrogens is 254 g/mol. The molecule has 1 fully saturated rings. The van der Waals surface area contributed by atoms with E-state index in [9.17, 15) is 13.6 Å². The summed E-state index contributed by atoms with van der Waals surface area (Å²) in [4.78, 5) is 13.6. The van der Waals surface area contributed by atoms with Crippen LogP contribution in [0.25, 0.3) is 0 Å². The molecule has 1 amide bonds. The molecule has 1 aliphatic rings. The highest BCUT2D eigenvalue weighted by Crippen LogP contribution is 2.19. The topological polar surface area (TPSA) is 52.6 Å². The van der Waals surface area contributed by atoms with Crippen molar-refractivity contribution in [1.29, 1.82) is 0 Å². The summed E-state index contributed by atoms with van der Waals surface area (Å²) in [6.07, 6.45) is 1.74. The summed E-state index contributed by atoms with van der Waals surface area (Å²) in [6.45, 7) is 0.721. The number of aliphatic hydroxyl groups excluding tert-OH is 1. The molecule has 0 aliphatic carbocycles. The summed E-state index contributed by atoms with van der Waals surface area (Å²) in [5.74, 6) is -2.08. The molecule has 1 aromatic carbocycles. The fraction of sp³-hybridized carbons (Fsp3) is 0.462. The van der Waals surface area contributed by atoms with Gasteiger partial charge in [-0.3, -0.25) is 9.69 Å². The SMILES string of the molecule is O=C(CN1CCCC1CO)Nc1c(F)cccc1F. The third kappa shape index (κ3) is 3.27. The highest BCUT2D eigenvalue weighted by molar-refractivity contribution is 5.92. The predicted octanol–water partition coefficient (Wildman–Crippen LogP) is 1.36. The average molecular weight is 270 g/mol. The lowest BCUT2D eigenvalue weighted by Gasteiger charge is -2.21. The fourth-order valence-electron chi connectivity index (χ4n) is 2.29. The van der Waals surface area contributed by atoms with Crippen molar-refractivity contribution >= 4 is 11.6 Å². The molecule has 1 aliphatic heterocycles. The highest BCUT2D eigenvalue weighted by Gasteiger charge is 2.25. The molecular formula is C13H16F2N2O2. The summed E-state index contributed by atoms with van der Waals surface area (Å²) < 4.78 is 26.7. The number of anilines is 1. The van der Waals surface area contributed by atoms with Crippen molar-refractivity contribution in [2.75, 3.05) is 25.0 Å². The Hall–Kier alpha value is -1.53. The Balaban J connectivity index is 1.98. The van der Waals surface area contributed by atoms with Crippen LogP contribution in [0.1, 0.15) is 12.8 Å². The lowest BCUT2D eigenvalue weighted by Crippen LogP contribution is -2.38. The third-order valence-electron chi connectivity index (χ3n) is 3.28. The van der Waals surface area contributed by atoms with E-state index in [-0.39, 0.29) is 19.2 Å². The molecule has 19 heavy (non-hydrogen) atoms. The maximum Gasteiger partial charge on any atom is 0.238 e. The van der Waals surface area contributed by atoms with Gasteiger partial charge in [-0.05, 0) is 31.5 Å². The van der Waals surface area contributed by atoms with Crippen LogP contribution in [0.15, 0.2) is 18.2 Å². The number of likely N-dealkylation sites (tertiary alicyclic amines) is 1. The molecule has 1 atom stereocenters. The number of para-hydroxylation sites is 1. The minimum atomic E-state index is -0.798. The first kappa shape index (κ1) is 13.9. The molecule has 1 saturated heterocycles. The van der Waals surface area contributed by atoms with Crippen LogP contribution < -0.4 is 5.32 Å². The van der Waals surface area contributed by atoms with Gasteiger partial charge in [0.15, 0.2) is 0 Å². The first-order chi connectivity index (χ1) is 9.11. The van der Waals surface area contributed by atoms with Crippen LogP contribution in [0.2, 0.25) is 0 Å². The quantitative estimate of drug-likeness (QED) is 0.868.